The first kappa shape index (κ1) is 13.8. The van der Waals surface area contributed by atoms with Crippen LogP contribution in [0.15, 0.2) is 12.4 Å². The van der Waals surface area contributed by atoms with Crippen LogP contribution in [0.2, 0.25) is 0 Å². The molecule has 0 radical (unpaired) electrons. The van der Waals surface area contributed by atoms with Gasteiger partial charge >= 0.3 is 0 Å². The van der Waals surface area contributed by atoms with Crippen LogP contribution in [0.1, 0.15) is 71.6 Å². The van der Waals surface area contributed by atoms with Gasteiger partial charge in [0.15, 0.2) is 0 Å². The van der Waals surface area contributed by atoms with Crippen molar-refractivity contribution in [2.75, 3.05) is 6.67 Å². The van der Waals surface area contributed by atoms with E-state index in [1.54, 1.807) is 0 Å². The summed E-state index contributed by atoms with van der Waals surface area (Å²) in [4.78, 5) is 5.11. The van der Waals surface area contributed by atoms with E-state index in [9.17, 15) is 0 Å². The molecule has 0 aromatic rings. The molecule has 0 aromatic carbocycles. The van der Waals surface area contributed by atoms with Crippen LogP contribution in [0.4, 0.5) is 0 Å². The SMILES string of the molecule is CCCCCC(C)N1C=CN(C2CCCCC2)C1. The molecule has 0 saturated heterocycles. The van der Waals surface area contributed by atoms with Crippen LogP contribution in [0.3, 0.4) is 0 Å². The molecule has 1 atom stereocenters. The Balaban J connectivity index is 1.72. The molecule has 0 spiro atoms. The normalized spacial score (nSPS) is 22.8. The predicted octanol–water partition coefficient (Wildman–Crippen LogP) is 4.33. The zero-order chi connectivity index (χ0) is 12.8. The molecule has 0 bridgehead atoms. The molecule has 2 rings (SSSR count). The smallest absolute Gasteiger partial charge is 0.0899 e. The summed E-state index contributed by atoms with van der Waals surface area (Å²) in [5.74, 6) is 0. The molecule has 2 nitrogen and oxygen atoms in total. The number of rotatable bonds is 6. The van der Waals surface area contributed by atoms with Crippen molar-refractivity contribution in [3.8, 4) is 0 Å². The van der Waals surface area contributed by atoms with Crippen molar-refractivity contribution < 1.29 is 0 Å². The largest absolute Gasteiger partial charge is 0.356 e. The van der Waals surface area contributed by atoms with E-state index in [1.807, 2.05) is 0 Å². The Morgan fingerprint density at radius 1 is 1.11 bits per heavy atom. The summed E-state index contributed by atoms with van der Waals surface area (Å²) < 4.78 is 0. The van der Waals surface area contributed by atoms with Crippen LogP contribution in [-0.2, 0) is 0 Å². The maximum Gasteiger partial charge on any atom is 0.0899 e. The van der Waals surface area contributed by atoms with E-state index in [1.165, 1.54) is 57.8 Å². The molecule has 2 heteroatoms. The Bertz CT molecular complexity index is 256. The number of nitrogens with zero attached hydrogens (tertiary/aromatic N) is 2. The zero-order valence-electron chi connectivity index (χ0n) is 12.3. The van der Waals surface area contributed by atoms with Crippen molar-refractivity contribution in [3.05, 3.63) is 12.4 Å². The fourth-order valence-electron chi connectivity index (χ4n) is 3.25. The molecule has 1 unspecified atom stereocenters. The van der Waals surface area contributed by atoms with Crippen molar-refractivity contribution in [1.29, 1.82) is 0 Å². The predicted molar refractivity (Wildman–Crippen MR) is 78.2 cm³/mol. The Morgan fingerprint density at radius 3 is 2.61 bits per heavy atom. The van der Waals surface area contributed by atoms with Crippen LogP contribution in [-0.4, -0.2) is 28.6 Å². The number of hydrogen-bond donors (Lipinski definition) is 0. The Labute approximate surface area is 113 Å². The van der Waals surface area contributed by atoms with Gasteiger partial charge in [-0.05, 0) is 26.2 Å². The first-order valence-corrected chi connectivity index (χ1v) is 8.01. The molecule has 1 fully saturated rings. The van der Waals surface area contributed by atoms with Crippen molar-refractivity contribution in [1.82, 2.24) is 9.80 Å². The van der Waals surface area contributed by atoms with E-state index in [2.05, 4.69) is 36.0 Å². The molecule has 1 aliphatic heterocycles. The molecule has 0 aromatic heterocycles. The fraction of sp³-hybridized carbons (Fsp3) is 0.875. The van der Waals surface area contributed by atoms with Gasteiger partial charge in [0.25, 0.3) is 0 Å². The molecule has 2 aliphatic rings. The van der Waals surface area contributed by atoms with Gasteiger partial charge in [-0.3, -0.25) is 0 Å². The second-order valence-corrected chi connectivity index (χ2v) is 6.10. The standard InChI is InChI=1S/C16H30N2/c1-3-4-6-9-15(2)17-12-13-18(14-17)16-10-7-5-8-11-16/h12-13,15-16H,3-11,14H2,1-2H3. The van der Waals surface area contributed by atoms with Gasteiger partial charge in [-0.1, -0.05) is 45.4 Å². The van der Waals surface area contributed by atoms with Crippen LogP contribution < -0.4 is 0 Å². The number of hydrogen-bond acceptors (Lipinski definition) is 2. The number of unbranched alkanes of at least 4 members (excludes halogenated alkanes) is 2. The first-order chi connectivity index (χ1) is 8.81. The Kier molecular flexibility index (Phi) is 5.40. The molecule has 1 aliphatic carbocycles. The minimum absolute atomic E-state index is 0.710. The summed E-state index contributed by atoms with van der Waals surface area (Å²) in [5, 5.41) is 0. The van der Waals surface area contributed by atoms with Crippen molar-refractivity contribution in [2.45, 2.75) is 83.7 Å². The van der Waals surface area contributed by atoms with Gasteiger partial charge in [0.05, 0.1) is 6.67 Å². The van der Waals surface area contributed by atoms with E-state index in [4.69, 9.17) is 0 Å². The second-order valence-electron chi connectivity index (χ2n) is 6.10. The quantitative estimate of drug-likeness (QED) is 0.647. The molecular formula is C16H30N2. The van der Waals surface area contributed by atoms with E-state index < -0.39 is 0 Å². The van der Waals surface area contributed by atoms with Crippen molar-refractivity contribution in [2.24, 2.45) is 0 Å². The minimum Gasteiger partial charge on any atom is -0.356 e. The van der Waals surface area contributed by atoms with E-state index in [-0.39, 0.29) is 0 Å². The van der Waals surface area contributed by atoms with Crippen LogP contribution in [0.25, 0.3) is 0 Å². The lowest BCUT2D eigenvalue weighted by Gasteiger charge is -2.34. The van der Waals surface area contributed by atoms with Crippen LogP contribution in [0, 0.1) is 0 Å². The van der Waals surface area contributed by atoms with Crippen molar-refractivity contribution >= 4 is 0 Å². The van der Waals surface area contributed by atoms with Crippen LogP contribution in [0.5, 0.6) is 0 Å². The summed E-state index contributed by atoms with van der Waals surface area (Å²) in [6, 6.07) is 1.53. The van der Waals surface area contributed by atoms with Gasteiger partial charge in [-0.2, -0.15) is 0 Å². The monoisotopic (exact) mass is 250 g/mol. The molecule has 104 valence electrons. The molecule has 0 amide bonds. The summed E-state index contributed by atoms with van der Waals surface area (Å²) >= 11 is 0. The Morgan fingerprint density at radius 2 is 1.89 bits per heavy atom. The highest BCUT2D eigenvalue weighted by atomic mass is 15.4. The van der Waals surface area contributed by atoms with Gasteiger partial charge in [0.1, 0.15) is 0 Å². The third-order valence-corrected chi connectivity index (χ3v) is 4.61. The summed E-state index contributed by atoms with van der Waals surface area (Å²) in [6.07, 6.45) is 17.2. The first-order valence-electron chi connectivity index (χ1n) is 8.01. The van der Waals surface area contributed by atoms with E-state index in [0.717, 1.165) is 12.7 Å². The van der Waals surface area contributed by atoms with Crippen LogP contribution >= 0.6 is 0 Å². The molecule has 1 saturated carbocycles. The lowest BCUT2D eigenvalue weighted by Crippen LogP contribution is -2.38. The molecule has 0 N–H and O–H groups in total. The third-order valence-electron chi connectivity index (χ3n) is 4.61. The second kappa shape index (κ2) is 7.06. The van der Waals surface area contributed by atoms with Gasteiger partial charge in [-0.25, -0.2) is 0 Å². The molecule has 18 heavy (non-hydrogen) atoms. The summed E-state index contributed by atoms with van der Waals surface area (Å²) in [7, 11) is 0. The highest BCUT2D eigenvalue weighted by Crippen LogP contribution is 2.26. The lowest BCUT2D eigenvalue weighted by atomic mass is 9.95. The van der Waals surface area contributed by atoms with E-state index in [0.29, 0.717) is 6.04 Å². The zero-order valence-corrected chi connectivity index (χ0v) is 12.3. The van der Waals surface area contributed by atoms with Gasteiger partial charge in [0, 0.05) is 24.5 Å². The third kappa shape index (κ3) is 3.66. The topological polar surface area (TPSA) is 6.48 Å². The maximum absolute atomic E-state index is 2.58. The molecule has 1 heterocycles. The van der Waals surface area contributed by atoms with E-state index >= 15 is 0 Å². The average molecular weight is 250 g/mol. The van der Waals surface area contributed by atoms with Gasteiger partial charge in [0.2, 0.25) is 0 Å². The lowest BCUT2D eigenvalue weighted by molar-refractivity contribution is 0.152. The van der Waals surface area contributed by atoms with Gasteiger partial charge in [-0.15, -0.1) is 0 Å². The molecular weight excluding hydrogens is 220 g/mol. The highest BCUT2D eigenvalue weighted by Gasteiger charge is 2.24. The summed E-state index contributed by atoms with van der Waals surface area (Å²) in [5.41, 5.74) is 0. The van der Waals surface area contributed by atoms with Gasteiger partial charge < -0.3 is 9.80 Å². The fourth-order valence-corrected chi connectivity index (χ4v) is 3.25. The van der Waals surface area contributed by atoms with Crippen molar-refractivity contribution in [3.63, 3.8) is 0 Å². The minimum atomic E-state index is 0.710. The Hall–Kier alpha value is -0.660. The maximum atomic E-state index is 2.58. The average Bonchev–Trinajstić information content (AvgIpc) is 2.89. The summed E-state index contributed by atoms with van der Waals surface area (Å²) in [6.45, 7) is 5.80. The highest BCUT2D eigenvalue weighted by molar-refractivity contribution is 4.96.